The van der Waals surface area contributed by atoms with Crippen molar-refractivity contribution in [2.75, 3.05) is 18.5 Å². The molecule has 0 fully saturated rings. The van der Waals surface area contributed by atoms with Crippen molar-refractivity contribution < 1.29 is 9.53 Å². The Bertz CT molecular complexity index is 616. The van der Waals surface area contributed by atoms with Crippen LogP contribution in [0.4, 0.5) is 4.79 Å². The fourth-order valence-electron chi connectivity index (χ4n) is 2.17. The Labute approximate surface area is 133 Å². The highest BCUT2D eigenvalue weighted by Gasteiger charge is 2.07. The van der Waals surface area contributed by atoms with Gasteiger partial charge in [0.15, 0.2) is 0 Å². The van der Waals surface area contributed by atoms with Crippen molar-refractivity contribution in [3.63, 3.8) is 0 Å². The Morgan fingerprint density at radius 2 is 1.90 bits per heavy atom. The van der Waals surface area contributed by atoms with Crippen LogP contribution in [0.1, 0.15) is 12.5 Å². The van der Waals surface area contributed by atoms with Gasteiger partial charge in [0.05, 0.1) is 6.61 Å². The number of amides is 2. The Morgan fingerprint density at radius 1 is 1.14 bits per heavy atom. The second-order valence-electron chi connectivity index (χ2n) is 4.50. The van der Waals surface area contributed by atoms with Crippen molar-refractivity contribution in [3.05, 3.63) is 42.0 Å². The Balaban J connectivity index is 2.17. The van der Waals surface area contributed by atoms with Crippen LogP contribution < -0.4 is 15.4 Å². The monoisotopic (exact) mass is 350 g/mol. The third-order valence-electron chi connectivity index (χ3n) is 3.09. The van der Waals surface area contributed by atoms with Gasteiger partial charge in [-0.15, -0.1) is 0 Å². The van der Waals surface area contributed by atoms with Crippen LogP contribution in [-0.2, 0) is 6.54 Å². The van der Waals surface area contributed by atoms with Crippen LogP contribution in [0.25, 0.3) is 10.8 Å². The summed E-state index contributed by atoms with van der Waals surface area (Å²) in [5.41, 5.74) is 1.07. The lowest BCUT2D eigenvalue weighted by atomic mass is 10.0. The minimum Gasteiger partial charge on any atom is -0.493 e. The first-order valence-electron chi connectivity index (χ1n) is 6.97. The van der Waals surface area contributed by atoms with Crippen LogP contribution >= 0.6 is 15.9 Å². The highest BCUT2D eigenvalue weighted by atomic mass is 79.9. The smallest absolute Gasteiger partial charge is 0.315 e. The maximum Gasteiger partial charge on any atom is 0.315 e. The summed E-state index contributed by atoms with van der Waals surface area (Å²) in [6.07, 6.45) is 0. The van der Waals surface area contributed by atoms with Gasteiger partial charge in [0.25, 0.3) is 0 Å². The van der Waals surface area contributed by atoms with Gasteiger partial charge < -0.3 is 15.4 Å². The molecule has 2 aromatic rings. The molecule has 0 spiro atoms. The van der Waals surface area contributed by atoms with Crippen LogP contribution in [0.2, 0.25) is 0 Å². The fourth-order valence-corrected chi connectivity index (χ4v) is 2.37. The van der Waals surface area contributed by atoms with Crippen LogP contribution in [0.5, 0.6) is 5.75 Å². The fraction of sp³-hybridized carbons (Fsp3) is 0.312. The van der Waals surface area contributed by atoms with Gasteiger partial charge in [0.1, 0.15) is 5.75 Å². The predicted molar refractivity (Wildman–Crippen MR) is 89.1 cm³/mol. The first-order chi connectivity index (χ1) is 10.3. The lowest BCUT2D eigenvalue weighted by molar-refractivity contribution is 0.241. The normalized spacial score (nSPS) is 10.4. The van der Waals surface area contributed by atoms with Crippen LogP contribution in [-0.4, -0.2) is 24.5 Å². The third-order valence-corrected chi connectivity index (χ3v) is 3.49. The molecule has 2 amide bonds. The van der Waals surface area contributed by atoms with Crippen LogP contribution in [0, 0.1) is 0 Å². The zero-order valence-corrected chi connectivity index (χ0v) is 13.6. The van der Waals surface area contributed by atoms with E-state index >= 15 is 0 Å². The molecule has 0 bridgehead atoms. The molecule has 0 aliphatic rings. The average Bonchev–Trinajstić information content (AvgIpc) is 2.52. The van der Waals surface area contributed by atoms with E-state index < -0.39 is 0 Å². The Kier molecular flexibility index (Phi) is 5.87. The molecule has 0 unspecified atom stereocenters. The van der Waals surface area contributed by atoms with Gasteiger partial charge in [0, 0.05) is 23.8 Å². The van der Waals surface area contributed by atoms with E-state index in [0.29, 0.717) is 19.7 Å². The van der Waals surface area contributed by atoms with Crippen LogP contribution in [0.3, 0.4) is 0 Å². The Hall–Kier alpha value is -1.75. The van der Waals surface area contributed by atoms with Crippen molar-refractivity contribution in [2.24, 2.45) is 0 Å². The number of urea groups is 1. The van der Waals surface area contributed by atoms with E-state index in [1.807, 2.05) is 43.3 Å². The molecule has 0 saturated heterocycles. The average molecular weight is 351 g/mol. The largest absolute Gasteiger partial charge is 0.493 e. The van der Waals surface area contributed by atoms with Gasteiger partial charge in [0.2, 0.25) is 0 Å². The number of hydrogen-bond acceptors (Lipinski definition) is 2. The summed E-state index contributed by atoms with van der Waals surface area (Å²) in [6.45, 7) is 3.70. The van der Waals surface area contributed by atoms with E-state index in [-0.39, 0.29) is 6.03 Å². The van der Waals surface area contributed by atoms with E-state index in [2.05, 4.69) is 26.6 Å². The van der Waals surface area contributed by atoms with E-state index in [1.54, 1.807) is 0 Å². The summed E-state index contributed by atoms with van der Waals surface area (Å²) < 4.78 is 5.65. The second kappa shape index (κ2) is 7.88. The molecule has 0 atom stereocenters. The van der Waals surface area contributed by atoms with Gasteiger partial charge in [-0.25, -0.2) is 4.79 Å². The SMILES string of the molecule is CCOc1ccc(CNC(=O)NCCBr)c2ccccc12. The van der Waals surface area contributed by atoms with E-state index in [0.717, 1.165) is 27.4 Å². The summed E-state index contributed by atoms with van der Waals surface area (Å²) >= 11 is 3.27. The van der Waals surface area contributed by atoms with Gasteiger partial charge in [-0.2, -0.15) is 0 Å². The molecule has 2 aromatic carbocycles. The van der Waals surface area contributed by atoms with Gasteiger partial charge in [-0.3, -0.25) is 0 Å². The highest BCUT2D eigenvalue weighted by molar-refractivity contribution is 9.09. The number of nitrogens with one attached hydrogen (secondary N) is 2. The summed E-state index contributed by atoms with van der Waals surface area (Å²) in [7, 11) is 0. The topological polar surface area (TPSA) is 50.4 Å². The highest BCUT2D eigenvalue weighted by Crippen LogP contribution is 2.28. The van der Waals surface area contributed by atoms with E-state index in [9.17, 15) is 4.79 Å². The number of ether oxygens (including phenoxy) is 1. The zero-order chi connectivity index (χ0) is 15.1. The minimum atomic E-state index is -0.160. The molecule has 5 heteroatoms. The molecule has 4 nitrogen and oxygen atoms in total. The number of carbonyl (C=O) groups excluding carboxylic acids is 1. The second-order valence-corrected chi connectivity index (χ2v) is 5.29. The molecule has 0 saturated carbocycles. The molecule has 0 heterocycles. The maximum absolute atomic E-state index is 11.6. The molecule has 112 valence electrons. The number of halogens is 1. The number of rotatable bonds is 6. The maximum atomic E-state index is 11.6. The Morgan fingerprint density at radius 3 is 2.62 bits per heavy atom. The number of hydrogen-bond donors (Lipinski definition) is 2. The minimum absolute atomic E-state index is 0.160. The molecule has 0 radical (unpaired) electrons. The molecular weight excluding hydrogens is 332 g/mol. The summed E-state index contributed by atoms with van der Waals surface area (Å²) in [4.78, 5) is 11.6. The molecule has 0 aliphatic heterocycles. The van der Waals surface area contributed by atoms with Crippen molar-refractivity contribution in [1.82, 2.24) is 10.6 Å². The van der Waals surface area contributed by atoms with Crippen molar-refractivity contribution in [2.45, 2.75) is 13.5 Å². The van der Waals surface area contributed by atoms with Crippen molar-refractivity contribution in [1.29, 1.82) is 0 Å². The lowest BCUT2D eigenvalue weighted by Gasteiger charge is -2.12. The van der Waals surface area contributed by atoms with E-state index in [4.69, 9.17) is 4.74 Å². The number of benzene rings is 2. The quantitative estimate of drug-likeness (QED) is 0.784. The summed E-state index contributed by atoms with van der Waals surface area (Å²) in [5, 5.41) is 8.54. The zero-order valence-electron chi connectivity index (χ0n) is 12.0. The van der Waals surface area contributed by atoms with E-state index in [1.165, 1.54) is 0 Å². The van der Waals surface area contributed by atoms with Gasteiger partial charge in [-0.1, -0.05) is 46.3 Å². The molecule has 2 N–H and O–H groups in total. The molecule has 21 heavy (non-hydrogen) atoms. The van der Waals surface area contributed by atoms with Crippen molar-refractivity contribution in [3.8, 4) is 5.75 Å². The summed E-state index contributed by atoms with van der Waals surface area (Å²) in [5.74, 6) is 0.876. The third kappa shape index (κ3) is 4.11. The number of alkyl halides is 1. The molecule has 0 aromatic heterocycles. The van der Waals surface area contributed by atoms with Gasteiger partial charge in [-0.05, 0) is 23.9 Å². The number of carbonyl (C=O) groups is 1. The molecule has 2 rings (SSSR count). The first kappa shape index (κ1) is 15.6. The molecule has 0 aliphatic carbocycles. The lowest BCUT2D eigenvalue weighted by Crippen LogP contribution is -2.36. The summed E-state index contributed by atoms with van der Waals surface area (Å²) in [6, 6.07) is 11.9. The van der Waals surface area contributed by atoms with Gasteiger partial charge >= 0.3 is 6.03 Å². The first-order valence-corrected chi connectivity index (χ1v) is 8.09. The number of fused-ring (bicyclic) bond motifs is 1. The molecular formula is C16H19BrN2O2. The van der Waals surface area contributed by atoms with Crippen LogP contribution in [0.15, 0.2) is 36.4 Å². The standard InChI is InChI=1S/C16H19BrN2O2/c1-2-21-15-8-7-12(11-19-16(20)18-10-9-17)13-5-3-4-6-14(13)15/h3-8H,2,9-11H2,1H3,(H2,18,19,20). The predicted octanol–water partition coefficient (Wildman–Crippen LogP) is 3.43. The van der Waals surface area contributed by atoms with Crippen molar-refractivity contribution >= 4 is 32.7 Å².